The van der Waals surface area contributed by atoms with E-state index >= 15 is 0 Å². The maximum atomic E-state index is 10.5. The number of ether oxygens (including phenoxy) is 1. The quantitative estimate of drug-likeness (QED) is 0.398. The molecule has 4 aromatic rings. The highest BCUT2D eigenvalue weighted by Gasteiger charge is 2.20. The van der Waals surface area contributed by atoms with E-state index in [0.717, 1.165) is 70.5 Å². The molecule has 3 N–H and O–H groups in total. The Hall–Kier alpha value is -3.35. The van der Waals surface area contributed by atoms with Crippen molar-refractivity contribution in [1.29, 1.82) is 0 Å². The molecule has 5 rings (SSSR count). The highest BCUT2D eigenvalue weighted by Crippen LogP contribution is 2.36. The van der Waals surface area contributed by atoms with Gasteiger partial charge in [0, 0.05) is 53.2 Å². The van der Waals surface area contributed by atoms with E-state index in [1.165, 1.54) is 0 Å². The summed E-state index contributed by atoms with van der Waals surface area (Å²) < 4.78 is 5.57. The van der Waals surface area contributed by atoms with Crippen molar-refractivity contribution in [3.63, 3.8) is 0 Å². The number of nitrogens with one attached hydrogen (secondary N) is 1. The van der Waals surface area contributed by atoms with E-state index in [9.17, 15) is 10.2 Å². The average Bonchev–Trinajstić information content (AvgIpc) is 3.29. The number of aromatic nitrogens is 2. The molecule has 0 atom stereocenters. The molecule has 0 unspecified atom stereocenters. The first-order chi connectivity index (χ1) is 16.2. The third kappa shape index (κ3) is 4.32. The van der Waals surface area contributed by atoms with Crippen LogP contribution in [0.2, 0.25) is 0 Å². The van der Waals surface area contributed by atoms with Crippen LogP contribution < -0.4 is 4.74 Å². The van der Waals surface area contributed by atoms with Crippen molar-refractivity contribution in [3.05, 3.63) is 66.5 Å². The summed E-state index contributed by atoms with van der Waals surface area (Å²) >= 11 is 0. The lowest BCUT2D eigenvalue weighted by molar-refractivity contribution is 0.127. The van der Waals surface area contributed by atoms with Gasteiger partial charge in [-0.1, -0.05) is 24.3 Å². The van der Waals surface area contributed by atoms with Gasteiger partial charge in [0.2, 0.25) is 0 Å². The van der Waals surface area contributed by atoms with Crippen LogP contribution in [0.3, 0.4) is 0 Å². The van der Waals surface area contributed by atoms with Gasteiger partial charge in [0.05, 0.1) is 7.11 Å². The molecule has 0 spiro atoms. The lowest BCUT2D eigenvalue weighted by Gasteiger charge is -2.31. The molecule has 2 aromatic heterocycles. The van der Waals surface area contributed by atoms with Gasteiger partial charge in [-0.25, -0.2) is 4.98 Å². The van der Waals surface area contributed by atoms with Crippen molar-refractivity contribution < 1.29 is 14.9 Å². The molecule has 6 nitrogen and oxygen atoms in total. The number of phenolic OH excluding ortho intramolecular Hbond substituents is 1. The minimum Gasteiger partial charge on any atom is -0.508 e. The van der Waals surface area contributed by atoms with Crippen LogP contribution in [0.1, 0.15) is 18.4 Å². The summed E-state index contributed by atoms with van der Waals surface area (Å²) in [6.07, 6.45) is 5.83. The number of piperidine rings is 1. The van der Waals surface area contributed by atoms with Crippen molar-refractivity contribution in [2.75, 3.05) is 26.8 Å². The van der Waals surface area contributed by atoms with Crippen molar-refractivity contribution in [3.8, 4) is 33.8 Å². The molecule has 1 fully saturated rings. The predicted molar refractivity (Wildman–Crippen MR) is 130 cm³/mol. The maximum absolute atomic E-state index is 10.5. The number of H-pyrrole nitrogens is 1. The normalized spacial score (nSPS) is 15.2. The summed E-state index contributed by atoms with van der Waals surface area (Å²) in [5.41, 5.74) is 5.82. The van der Waals surface area contributed by atoms with E-state index in [1.54, 1.807) is 13.2 Å². The number of aliphatic hydroxyl groups is 1. The smallest absolute Gasteiger partial charge is 0.137 e. The molecular weight excluding hydrogens is 414 g/mol. The van der Waals surface area contributed by atoms with Crippen LogP contribution in [0.25, 0.3) is 33.3 Å². The Bertz CT molecular complexity index is 1260. The minimum atomic E-state index is 0.264. The molecule has 6 heteroatoms. The van der Waals surface area contributed by atoms with E-state index in [1.807, 2.05) is 42.7 Å². The lowest BCUT2D eigenvalue weighted by Crippen LogP contribution is -2.34. The number of nitrogens with zero attached hydrogens (tertiary/aromatic N) is 2. The number of rotatable bonds is 6. The molecule has 0 bridgehead atoms. The Balaban J connectivity index is 1.46. The third-order valence-corrected chi connectivity index (χ3v) is 6.70. The average molecular weight is 444 g/mol. The summed E-state index contributed by atoms with van der Waals surface area (Å²) in [4.78, 5) is 10.3. The van der Waals surface area contributed by atoms with Gasteiger partial charge in [-0.05, 0) is 61.7 Å². The zero-order chi connectivity index (χ0) is 22.8. The monoisotopic (exact) mass is 443 g/mol. The second kappa shape index (κ2) is 9.25. The van der Waals surface area contributed by atoms with Gasteiger partial charge in [-0.15, -0.1) is 0 Å². The number of hydrogen-bond donors (Lipinski definition) is 3. The molecule has 1 aliphatic heterocycles. The van der Waals surface area contributed by atoms with Gasteiger partial charge in [0.15, 0.2) is 0 Å². The van der Waals surface area contributed by atoms with E-state index in [0.29, 0.717) is 18.2 Å². The Kier molecular flexibility index (Phi) is 6.03. The van der Waals surface area contributed by atoms with Crippen LogP contribution in [-0.2, 0) is 6.54 Å². The van der Waals surface area contributed by atoms with Gasteiger partial charge in [-0.3, -0.25) is 4.90 Å². The Morgan fingerprint density at radius 3 is 2.67 bits per heavy atom. The number of likely N-dealkylation sites (tertiary alicyclic amines) is 1. The topological polar surface area (TPSA) is 81.6 Å². The SMILES string of the molecule is COc1ccccc1-c1c[nH]c2ncc(-c3ccc(O)c(CN4CCC(CO)CC4)c3)cc12. The van der Waals surface area contributed by atoms with Gasteiger partial charge in [0.1, 0.15) is 17.1 Å². The van der Waals surface area contributed by atoms with Crippen molar-refractivity contribution in [2.24, 2.45) is 5.92 Å². The summed E-state index contributed by atoms with van der Waals surface area (Å²) in [6, 6.07) is 15.9. The highest BCUT2D eigenvalue weighted by atomic mass is 16.5. The molecule has 1 saturated heterocycles. The Labute approximate surface area is 193 Å². The van der Waals surface area contributed by atoms with Gasteiger partial charge >= 0.3 is 0 Å². The van der Waals surface area contributed by atoms with Crippen LogP contribution in [0, 0.1) is 5.92 Å². The van der Waals surface area contributed by atoms with Gasteiger partial charge in [0.25, 0.3) is 0 Å². The number of pyridine rings is 1. The summed E-state index contributed by atoms with van der Waals surface area (Å²) in [5.74, 6) is 1.53. The van der Waals surface area contributed by atoms with Crippen LogP contribution in [0.5, 0.6) is 11.5 Å². The van der Waals surface area contributed by atoms with Crippen LogP contribution in [0.15, 0.2) is 60.9 Å². The third-order valence-electron chi connectivity index (χ3n) is 6.70. The zero-order valence-electron chi connectivity index (χ0n) is 18.8. The van der Waals surface area contributed by atoms with Gasteiger partial charge in [-0.2, -0.15) is 0 Å². The first kappa shape index (κ1) is 21.5. The molecule has 0 aliphatic carbocycles. The molecule has 1 aliphatic rings. The highest BCUT2D eigenvalue weighted by molar-refractivity contribution is 5.97. The minimum absolute atomic E-state index is 0.264. The zero-order valence-corrected chi connectivity index (χ0v) is 18.8. The summed E-state index contributed by atoms with van der Waals surface area (Å²) in [7, 11) is 1.68. The molecule has 2 aromatic carbocycles. The fraction of sp³-hybridized carbons (Fsp3) is 0.296. The molecule has 3 heterocycles. The second-order valence-corrected chi connectivity index (χ2v) is 8.77. The van der Waals surface area contributed by atoms with Crippen molar-refractivity contribution in [1.82, 2.24) is 14.9 Å². The molecule has 0 amide bonds. The molecular formula is C27H29N3O3. The van der Waals surface area contributed by atoms with Crippen molar-refractivity contribution >= 4 is 11.0 Å². The molecule has 0 saturated carbocycles. The fourth-order valence-corrected chi connectivity index (χ4v) is 4.71. The number of phenols is 1. The number of aromatic hydroxyl groups is 1. The van der Waals surface area contributed by atoms with E-state index < -0.39 is 0 Å². The van der Waals surface area contributed by atoms with Crippen LogP contribution in [-0.4, -0.2) is 51.9 Å². The molecule has 0 radical (unpaired) electrons. The second-order valence-electron chi connectivity index (χ2n) is 8.77. The Morgan fingerprint density at radius 2 is 1.88 bits per heavy atom. The van der Waals surface area contributed by atoms with Crippen molar-refractivity contribution in [2.45, 2.75) is 19.4 Å². The van der Waals surface area contributed by atoms with E-state index in [2.05, 4.69) is 27.0 Å². The van der Waals surface area contributed by atoms with E-state index in [4.69, 9.17) is 4.74 Å². The number of fused-ring (bicyclic) bond motifs is 1. The number of benzene rings is 2. The number of methoxy groups -OCH3 is 1. The molecule has 33 heavy (non-hydrogen) atoms. The summed E-state index contributed by atoms with van der Waals surface area (Å²) in [6.45, 7) is 2.84. The molecule has 170 valence electrons. The lowest BCUT2D eigenvalue weighted by atomic mass is 9.96. The predicted octanol–water partition coefficient (Wildman–Crippen LogP) is 4.82. The fourth-order valence-electron chi connectivity index (χ4n) is 4.71. The maximum Gasteiger partial charge on any atom is 0.137 e. The Morgan fingerprint density at radius 1 is 1.06 bits per heavy atom. The number of aliphatic hydroxyl groups excluding tert-OH is 1. The first-order valence-electron chi connectivity index (χ1n) is 11.4. The number of hydrogen-bond acceptors (Lipinski definition) is 5. The number of aromatic amines is 1. The number of para-hydroxylation sites is 1. The van der Waals surface area contributed by atoms with Gasteiger partial charge < -0.3 is 19.9 Å². The van der Waals surface area contributed by atoms with Crippen LogP contribution >= 0.6 is 0 Å². The first-order valence-corrected chi connectivity index (χ1v) is 11.4. The standard InChI is InChI=1S/C27H29N3O3/c1-33-26-5-3-2-4-22(26)24-15-29-27-23(24)13-20(14-28-27)19-6-7-25(32)21(12-19)16-30-10-8-18(17-31)9-11-30/h2-7,12-15,18,31-32H,8-11,16-17H2,1H3,(H,28,29). The van der Waals surface area contributed by atoms with Crippen LogP contribution in [0.4, 0.5) is 0 Å². The largest absolute Gasteiger partial charge is 0.508 e. The van der Waals surface area contributed by atoms with E-state index in [-0.39, 0.29) is 6.61 Å². The summed E-state index contributed by atoms with van der Waals surface area (Å²) in [5, 5.41) is 20.9.